The Morgan fingerprint density at radius 1 is 1.00 bits per heavy atom. The molecule has 0 aromatic heterocycles. The Morgan fingerprint density at radius 3 is 2.40 bits per heavy atom. The fraction of sp³-hybridized carbons (Fsp3) is 0.458. The first kappa shape index (κ1) is 22.0. The number of amides is 1. The fourth-order valence-electron chi connectivity index (χ4n) is 3.78. The number of piperazine rings is 1. The van der Waals surface area contributed by atoms with Crippen molar-refractivity contribution in [3.63, 3.8) is 0 Å². The summed E-state index contributed by atoms with van der Waals surface area (Å²) in [6, 6.07) is 16.5. The number of quaternary nitrogens is 1. The Kier molecular flexibility index (Phi) is 8.39. The van der Waals surface area contributed by atoms with Gasteiger partial charge in [-0.1, -0.05) is 24.3 Å². The molecule has 0 spiro atoms. The summed E-state index contributed by atoms with van der Waals surface area (Å²) < 4.78 is 11.3. The van der Waals surface area contributed by atoms with Crippen LogP contribution in [0.2, 0.25) is 0 Å². The molecule has 6 nitrogen and oxygen atoms in total. The summed E-state index contributed by atoms with van der Waals surface area (Å²) in [5.74, 6) is 1.66. The zero-order valence-corrected chi connectivity index (χ0v) is 18.2. The van der Waals surface area contributed by atoms with Crippen LogP contribution < -0.4 is 24.6 Å². The molecule has 0 atom stereocenters. The molecule has 2 aromatic rings. The number of nitrogens with one attached hydrogen (secondary N) is 2. The number of para-hydroxylation sites is 1. The van der Waals surface area contributed by atoms with Crippen molar-refractivity contribution >= 4 is 11.6 Å². The van der Waals surface area contributed by atoms with Gasteiger partial charge in [-0.3, -0.25) is 4.79 Å². The summed E-state index contributed by atoms with van der Waals surface area (Å²) >= 11 is 0. The first-order chi connectivity index (χ1) is 14.7. The van der Waals surface area contributed by atoms with E-state index in [0.717, 1.165) is 49.7 Å². The zero-order chi connectivity index (χ0) is 21.2. The largest absolute Gasteiger partial charge is 0.490 e. The van der Waals surface area contributed by atoms with E-state index in [1.54, 1.807) is 0 Å². The van der Waals surface area contributed by atoms with Gasteiger partial charge in [-0.25, -0.2) is 0 Å². The van der Waals surface area contributed by atoms with E-state index >= 15 is 0 Å². The van der Waals surface area contributed by atoms with Crippen molar-refractivity contribution in [2.45, 2.75) is 20.3 Å². The molecule has 0 radical (unpaired) electrons. The molecule has 1 heterocycles. The van der Waals surface area contributed by atoms with E-state index in [4.69, 9.17) is 9.47 Å². The SMILES string of the molecule is CCOc1ccc(CCNC(=O)C[NH+]2CCN(c3ccccc3)CC2)cc1OCC. The molecule has 1 aliphatic heterocycles. The molecular formula is C24H34N3O3+. The Labute approximate surface area is 179 Å². The van der Waals surface area contributed by atoms with Gasteiger partial charge in [-0.05, 0) is 50.1 Å². The molecule has 30 heavy (non-hydrogen) atoms. The van der Waals surface area contributed by atoms with E-state index in [2.05, 4.69) is 34.5 Å². The van der Waals surface area contributed by atoms with Gasteiger partial charge in [0, 0.05) is 12.2 Å². The van der Waals surface area contributed by atoms with Gasteiger partial charge in [0.2, 0.25) is 0 Å². The molecule has 3 rings (SSSR count). The normalized spacial score (nSPS) is 14.4. The highest BCUT2D eigenvalue weighted by Gasteiger charge is 2.22. The van der Waals surface area contributed by atoms with Crippen LogP contribution in [0.25, 0.3) is 0 Å². The Bertz CT molecular complexity index is 790. The molecule has 1 saturated heterocycles. The lowest BCUT2D eigenvalue weighted by Gasteiger charge is -2.33. The quantitative estimate of drug-likeness (QED) is 0.622. The maximum atomic E-state index is 12.4. The molecule has 2 N–H and O–H groups in total. The summed E-state index contributed by atoms with van der Waals surface area (Å²) in [7, 11) is 0. The lowest BCUT2D eigenvalue weighted by molar-refractivity contribution is -0.892. The number of carbonyl (C=O) groups excluding carboxylic acids is 1. The van der Waals surface area contributed by atoms with Crippen molar-refractivity contribution in [1.29, 1.82) is 0 Å². The fourth-order valence-corrected chi connectivity index (χ4v) is 3.78. The maximum Gasteiger partial charge on any atom is 0.275 e. The Hall–Kier alpha value is -2.73. The number of hydrogen-bond acceptors (Lipinski definition) is 4. The first-order valence-electron chi connectivity index (χ1n) is 11.0. The number of ether oxygens (including phenoxy) is 2. The molecule has 0 aliphatic carbocycles. The van der Waals surface area contributed by atoms with Gasteiger partial charge >= 0.3 is 0 Å². The van der Waals surface area contributed by atoms with Gasteiger partial charge < -0.3 is 24.6 Å². The van der Waals surface area contributed by atoms with Crippen LogP contribution in [0.1, 0.15) is 19.4 Å². The molecule has 0 saturated carbocycles. The van der Waals surface area contributed by atoms with Crippen LogP contribution in [-0.4, -0.2) is 58.4 Å². The lowest BCUT2D eigenvalue weighted by atomic mass is 10.1. The second kappa shape index (κ2) is 11.5. The minimum Gasteiger partial charge on any atom is -0.490 e. The van der Waals surface area contributed by atoms with E-state index in [1.807, 2.05) is 38.1 Å². The average molecular weight is 413 g/mol. The van der Waals surface area contributed by atoms with E-state index < -0.39 is 0 Å². The third kappa shape index (κ3) is 6.39. The average Bonchev–Trinajstić information content (AvgIpc) is 2.77. The zero-order valence-electron chi connectivity index (χ0n) is 18.2. The van der Waals surface area contributed by atoms with Crippen LogP contribution in [-0.2, 0) is 11.2 Å². The molecular weight excluding hydrogens is 378 g/mol. The van der Waals surface area contributed by atoms with Crippen molar-refractivity contribution in [3.8, 4) is 11.5 Å². The molecule has 2 aromatic carbocycles. The molecule has 1 aliphatic rings. The number of carbonyl (C=O) groups is 1. The van der Waals surface area contributed by atoms with Gasteiger partial charge in [0.15, 0.2) is 18.0 Å². The summed E-state index contributed by atoms with van der Waals surface area (Å²) in [5, 5.41) is 3.07. The second-order valence-corrected chi connectivity index (χ2v) is 7.50. The Balaban J connectivity index is 1.39. The number of anilines is 1. The summed E-state index contributed by atoms with van der Waals surface area (Å²) in [4.78, 5) is 16.1. The van der Waals surface area contributed by atoms with Crippen molar-refractivity contribution < 1.29 is 19.2 Å². The highest BCUT2D eigenvalue weighted by Crippen LogP contribution is 2.28. The van der Waals surface area contributed by atoms with Crippen molar-refractivity contribution in [2.24, 2.45) is 0 Å². The molecule has 1 fully saturated rings. The van der Waals surface area contributed by atoms with Gasteiger partial charge in [-0.15, -0.1) is 0 Å². The van der Waals surface area contributed by atoms with Crippen molar-refractivity contribution in [1.82, 2.24) is 5.32 Å². The standard InChI is InChI=1S/C24H33N3O3/c1-3-29-22-11-10-20(18-23(22)30-4-2)12-13-25-24(28)19-26-14-16-27(17-15-26)21-8-6-5-7-9-21/h5-11,18H,3-4,12-17,19H2,1-2H3,(H,25,28)/p+1. The van der Waals surface area contributed by atoms with Crippen LogP contribution >= 0.6 is 0 Å². The molecule has 6 heteroatoms. The van der Waals surface area contributed by atoms with Crippen molar-refractivity contribution in [3.05, 3.63) is 54.1 Å². The van der Waals surface area contributed by atoms with Gasteiger partial charge in [0.1, 0.15) is 0 Å². The minimum atomic E-state index is 0.120. The van der Waals surface area contributed by atoms with Crippen LogP contribution in [0.4, 0.5) is 5.69 Å². The third-order valence-corrected chi connectivity index (χ3v) is 5.35. The maximum absolute atomic E-state index is 12.4. The number of benzene rings is 2. The summed E-state index contributed by atoms with van der Waals surface area (Å²) in [5.41, 5.74) is 2.40. The summed E-state index contributed by atoms with van der Waals surface area (Å²) in [6.45, 7) is 10.2. The van der Waals surface area contributed by atoms with E-state index in [1.165, 1.54) is 10.6 Å². The highest BCUT2D eigenvalue weighted by molar-refractivity contribution is 5.76. The van der Waals surface area contributed by atoms with E-state index in [0.29, 0.717) is 26.3 Å². The molecule has 1 amide bonds. The predicted octanol–water partition coefficient (Wildman–Crippen LogP) is 1.55. The molecule has 162 valence electrons. The van der Waals surface area contributed by atoms with Gasteiger partial charge in [0.25, 0.3) is 5.91 Å². The molecule has 0 unspecified atom stereocenters. The number of rotatable bonds is 10. The van der Waals surface area contributed by atoms with Crippen LogP contribution in [0.15, 0.2) is 48.5 Å². The minimum absolute atomic E-state index is 0.120. The molecule has 0 bridgehead atoms. The second-order valence-electron chi connectivity index (χ2n) is 7.50. The van der Waals surface area contributed by atoms with Crippen LogP contribution in [0.3, 0.4) is 0 Å². The van der Waals surface area contributed by atoms with Crippen LogP contribution in [0, 0.1) is 0 Å². The van der Waals surface area contributed by atoms with Crippen LogP contribution in [0.5, 0.6) is 11.5 Å². The van der Waals surface area contributed by atoms with Crippen molar-refractivity contribution in [2.75, 3.05) is 57.4 Å². The topological polar surface area (TPSA) is 55.2 Å². The number of hydrogen-bond donors (Lipinski definition) is 2. The van der Waals surface area contributed by atoms with E-state index in [-0.39, 0.29) is 5.91 Å². The number of nitrogens with zero attached hydrogens (tertiary/aromatic N) is 1. The Morgan fingerprint density at radius 2 is 1.70 bits per heavy atom. The van der Waals surface area contributed by atoms with E-state index in [9.17, 15) is 4.79 Å². The smallest absolute Gasteiger partial charge is 0.275 e. The van der Waals surface area contributed by atoms with Gasteiger partial charge in [0.05, 0.1) is 39.4 Å². The monoisotopic (exact) mass is 412 g/mol. The summed E-state index contributed by atoms with van der Waals surface area (Å²) in [6.07, 6.45) is 0.773. The first-order valence-corrected chi connectivity index (χ1v) is 11.0. The van der Waals surface area contributed by atoms with Gasteiger partial charge in [-0.2, -0.15) is 0 Å². The predicted molar refractivity (Wildman–Crippen MR) is 120 cm³/mol. The third-order valence-electron chi connectivity index (χ3n) is 5.35. The highest BCUT2D eigenvalue weighted by atomic mass is 16.5. The lowest BCUT2D eigenvalue weighted by Crippen LogP contribution is -3.16.